The predicted molar refractivity (Wildman–Crippen MR) is 105 cm³/mol. The highest BCUT2D eigenvalue weighted by Crippen LogP contribution is 2.30. The molecule has 0 bridgehead atoms. The summed E-state index contributed by atoms with van der Waals surface area (Å²) in [5, 5.41) is 4.36. The Morgan fingerprint density at radius 3 is 2.50 bits per heavy atom. The molecule has 28 heavy (non-hydrogen) atoms. The van der Waals surface area contributed by atoms with Crippen LogP contribution in [0.1, 0.15) is 48.5 Å². The molecule has 2 fully saturated rings. The number of hydrogen-bond acceptors (Lipinski definition) is 4. The van der Waals surface area contributed by atoms with Gasteiger partial charge in [0.15, 0.2) is 0 Å². The Morgan fingerprint density at radius 1 is 1.11 bits per heavy atom. The number of rotatable bonds is 3. The van der Waals surface area contributed by atoms with Crippen molar-refractivity contribution in [2.24, 2.45) is 5.92 Å². The number of carbonyl (C=O) groups is 2. The van der Waals surface area contributed by atoms with Crippen LogP contribution in [-0.4, -0.2) is 70.6 Å². The van der Waals surface area contributed by atoms with Crippen LogP contribution in [0.2, 0.25) is 0 Å². The molecule has 150 valence electrons. The van der Waals surface area contributed by atoms with Gasteiger partial charge in [-0.25, -0.2) is 4.52 Å². The SMILES string of the molecule is CC(C)C(=O)N1CCC(c2ccn3ncc(C(=O)N4CCOCC4)c3c2)CC1. The molecule has 0 saturated carbocycles. The van der Waals surface area contributed by atoms with Gasteiger partial charge in [-0.15, -0.1) is 0 Å². The first-order valence-corrected chi connectivity index (χ1v) is 10.2. The van der Waals surface area contributed by atoms with E-state index >= 15 is 0 Å². The number of hydrogen-bond donors (Lipinski definition) is 0. The predicted octanol–water partition coefficient (Wildman–Crippen LogP) is 2.17. The highest BCUT2D eigenvalue weighted by Gasteiger charge is 2.26. The summed E-state index contributed by atoms with van der Waals surface area (Å²) in [6, 6.07) is 4.19. The van der Waals surface area contributed by atoms with E-state index in [9.17, 15) is 9.59 Å². The lowest BCUT2D eigenvalue weighted by Gasteiger charge is -2.33. The summed E-state index contributed by atoms with van der Waals surface area (Å²) in [4.78, 5) is 28.9. The largest absolute Gasteiger partial charge is 0.378 e. The monoisotopic (exact) mass is 384 g/mol. The minimum Gasteiger partial charge on any atom is -0.378 e. The molecule has 2 aromatic heterocycles. The van der Waals surface area contributed by atoms with Crippen LogP contribution in [-0.2, 0) is 9.53 Å². The fourth-order valence-electron chi connectivity index (χ4n) is 4.15. The smallest absolute Gasteiger partial charge is 0.257 e. The van der Waals surface area contributed by atoms with Crippen LogP contribution in [0.25, 0.3) is 5.52 Å². The minimum atomic E-state index is 0.0211. The molecule has 0 aliphatic carbocycles. The van der Waals surface area contributed by atoms with Crippen molar-refractivity contribution >= 4 is 17.3 Å². The van der Waals surface area contributed by atoms with Gasteiger partial charge in [-0.1, -0.05) is 13.8 Å². The van der Waals surface area contributed by atoms with Gasteiger partial charge in [0.25, 0.3) is 5.91 Å². The Morgan fingerprint density at radius 2 is 1.82 bits per heavy atom. The van der Waals surface area contributed by atoms with E-state index in [-0.39, 0.29) is 17.7 Å². The maximum absolute atomic E-state index is 12.9. The fourth-order valence-corrected chi connectivity index (χ4v) is 4.15. The van der Waals surface area contributed by atoms with Gasteiger partial charge in [-0.05, 0) is 36.5 Å². The van der Waals surface area contributed by atoms with E-state index in [0.29, 0.717) is 37.8 Å². The topological polar surface area (TPSA) is 67.2 Å². The third-order valence-electron chi connectivity index (χ3n) is 5.85. The quantitative estimate of drug-likeness (QED) is 0.813. The standard InChI is InChI=1S/C21H28N4O3/c1-15(2)20(26)23-6-3-16(4-7-23)17-5-8-25-19(13-17)18(14-22-25)21(27)24-9-11-28-12-10-24/h5,8,13-16H,3-4,6-7,9-12H2,1-2H3. The third-order valence-corrected chi connectivity index (χ3v) is 5.85. The van der Waals surface area contributed by atoms with Crippen molar-refractivity contribution < 1.29 is 14.3 Å². The molecule has 2 aliphatic heterocycles. The van der Waals surface area contributed by atoms with E-state index in [1.807, 2.05) is 29.8 Å². The summed E-state index contributed by atoms with van der Waals surface area (Å²) in [7, 11) is 0. The number of carbonyl (C=O) groups excluding carboxylic acids is 2. The van der Waals surface area contributed by atoms with Crippen molar-refractivity contribution in [1.82, 2.24) is 19.4 Å². The third kappa shape index (κ3) is 3.63. The lowest BCUT2D eigenvalue weighted by atomic mass is 9.89. The zero-order valence-corrected chi connectivity index (χ0v) is 16.6. The number of pyridine rings is 1. The minimum absolute atomic E-state index is 0.0211. The molecule has 4 heterocycles. The van der Waals surface area contributed by atoms with Gasteiger partial charge in [-0.2, -0.15) is 5.10 Å². The Labute approximate surface area is 165 Å². The van der Waals surface area contributed by atoms with Crippen molar-refractivity contribution in [2.75, 3.05) is 39.4 Å². The molecule has 0 atom stereocenters. The zero-order valence-electron chi connectivity index (χ0n) is 16.6. The summed E-state index contributed by atoms with van der Waals surface area (Å²) >= 11 is 0. The molecule has 2 saturated heterocycles. The summed E-state index contributed by atoms with van der Waals surface area (Å²) in [5.74, 6) is 0.715. The van der Waals surface area contributed by atoms with Crippen LogP contribution >= 0.6 is 0 Å². The number of aromatic nitrogens is 2. The number of likely N-dealkylation sites (tertiary alicyclic amines) is 1. The van der Waals surface area contributed by atoms with Gasteiger partial charge in [0.1, 0.15) is 0 Å². The van der Waals surface area contributed by atoms with Crippen molar-refractivity contribution in [3.8, 4) is 0 Å². The van der Waals surface area contributed by atoms with E-state index in [0.717, 1.165) is 31.4 Å². The number of morpholine rings is 1. The van der Waals surface area contributed by atoms with Gasteiger partial charge >= 0.3 is 0 Å². The van der Waals surface area contributed by atoms with E-state index < -0.39 is 0 Å². The van der Waals surface area contributed by atoms with Crippen molar-refractivity contribution in [1.29, 1.82) is 0 Å². The van der Waals surface area contributed by atoms with E-state index in [1.54, 1.807) is 10.7 Å². The molecule has 0 unspecified atom stereocenters. The second-order valence-electron chi connectivity index (χ2n) is 8.01. The number of fused-ring (bicyclic) bond motifs is 1. The van der Waals surface area contributed by atoms with E-state index in [1.165, 1.54) is 5.56 Å². The lowest BCUT2D eigenvalue weighted by Crippen LogP contribution is -2.40. The molecule has 0 N–H and O–H groups in total. The summed E-state index contributed by atoms with van der Waals surface area (Å²) in [6.45, 7) is 7.92. The van der Waals surface area contributed by atoms with Crippen LogP contribution in [0.4, 0.5) is 0 Å². The highest BCUT2D eigenvalue weighted by atomic mass is 16.5. The summed E-state index contributed by atoms with van der Waals surface area (Å²) in [6.07, 6.45) is 5.51. The Hall–Kier alpha value is -2.41. The van der Waals surface area contributed by atoms with Crippen LogP contribution in [0.5, 0.6) is 0 Å². The zero-order chi connectivity index (χ0) is 19.7. The van der Waals surface area contributed by atoms with Gasteiger partial charge in [0, 0.05) is 38.3 Å². The molecule has 2 aromatic rings. The maximum atomic E-state index is 12.9. The van der Waals surface area contributed by atoms with Crippen LogP contribution in [0, 0.1) is 5.92 Å². The average Bonchev–Trinajstić information content (AvgIpc) is 3.16. The maximum Gasteiger partial charge on any atom is 0.257 e. The number of amides is 2. The molecular formula is C21H28N4O3. The molecule has 2 aliphatic rings. The molecule has 4 rings (SSSR count). The fraction of sp³-hybridized carbons (Fsp3) is 0.571. The van der Waals surface area contributed by atoms with E-state index in [2.05, 4.69) is 17.2 Å². The number of nitrogens with zero attached hydrogens (tertiary/aromatic N) is 4. The first-order chi connectivity index (χ1) is 13.5. The van der Waals surface area contributed by atoms with Crippen LogP contribution in [0.3, 0.4) is 0 Å². The van der Waals surface area contributed by atoms with Gasteiger partial charge in [0.2, 0.25) is 5.91 Å². The van der Waals surface area contributed by atoms with Crippen molar-refractivity contribution in [3.05, 3.63) is 35.7 Å². The second kappa shape index (κ2) is 7.91. The van der Waals surface area contributed by atoms with Crippen molar-refractivity contribution in [3.63, 3.8) is 0 Å². The average molecular weight is 384 g/mol. The van der Waals surface area contributed by atoms with Crippen LogP contribution < -0.4 is 0 Å². The molecule has 7 heteroatoms. The van der Waals surface area contributed by atoms with Gasteiger partial charge < -0.3 is 14.5 Å². The van der Waals surface area contributed by atoms with Gasteiger partial charge in [0.05, 0.1) is 30.5 Å². The lowest BCUT2D eigenvalue weighted by molar-refractivity contribution is -0.135. The highest BCUT2D eigenvalue weighted by molar-refractivity contribution is 6.00. The Balaban J connectivity index is 1.52. The van der Waals surface area contributed by atoms with Gasteiger partial charge in [-0.3, -0.25) is 9.59 Å². The number of ether oxygens (including phenoxy) is 1. The molecule has 7 nitrogen and oxygen atoms in total. The Bertz CT molecular complexity index is 862. The molecule has 0 aromatic carbocycles. The summed E-state index contributed by atoms with van der Waals surface area (Å²) < 4.78 is 7.12. The molecule has 2 amide bonds. The summed E-state index contributed by atoms with van der Waals surface area (Å²) in [5.41, 5.74) is 2.73. The van der Waals surface area contributed by atoms with E-state index in [4.69, 9.17) is 4.74 Å². The second-order valence-corrected chi connectivity index (χ2v) is 8.01. The number of piperidine rings is 1. The Kier molecular flexibility index (Phi) is 5.35. The molecule has 0 spiro atoms. The normalized spacial score (nSPS) is 18.8. The van der Waals surface area contributed by atoms with Crippen molar-refractivity contribution in [2.45, 2.75) is 32.6 Å². The molecule has 0 radical (unpaired) electrons. The first-order valence-electron chi connectivity index (χ1n) is 10.2. The molecular weight excluding hydrogens is 356 g/mol. The first kappa shape index (κ1) is 18.9. The van der Waals surface area contributed by atoms with Crippen LogP contribution in [0.15, 0.2) is 24.5 Å².